The van der Waals surface area contributed by atoms with E-state index in [2.05, 4.69) is 0 Å². The zero-order valence-corrected chi connectivity index (χ0v) is 11.5. The average molecular weight is 286 g/mol. The van der Waals surface area contributed by atoms with Gasteiger partial charge in [0.1, 0.15) is 0 Å². The summed E-state index contributed by atoms with van der Waals surface area (Å²) < 4.78 is 19.6. The van der Waals surface area contributed by atoms with Crippen molar-refractivity contribution in [1.82, 2.24) is 0 Å². The molecule has 0 aliphatic carbocycles. The van der Waals surface area contributed by atoms with Gasteiger partial charge in [0.15, 0.2) is 17.3 Å². The second-order valence-corrected chi connectivity index (χ2v) is 5.24. The topological polar surface area (TPSA) is 26.3 Å². The van der Waals surface area contributed by atoms with Gasteiger partial charge in [0.05, 0.1) is 7.11 Å². The molecule has 3 aromatic rings. The predicted molar refractivity (Wildman–Crippen MR) is 78.2 cm³/mol. The number of carbonyl (C=O) groups is 1. The van der Waals surface area contributed by atoms with Gasteiger partial charge in [0.25, 0.3) is 0 Å². The van der Waals surface area contributed by atoms with Crippen LogP contribution in [0.2, 0.25) is 0 Å². The van der Waals surface area contributed by atoms with Crippen molar-refractivity contribution in [3.63, 3.8) is 0 Å². The number of halogens is 1. The maximum absolute atomic E-state index is 13.7. The molecule has 2 nitrogen and oxygen atoms in total. The maximum atomic E-state index is 13.7. The van der Waals surface area contributed by atoms with Crippen LogP contribution in [0.25, 0.3) is 10.1 Å². The predicted octanol–water partition coefficient (Wildman–Crippen LogP) is 4.28. The zero-order chi connectivity index (χ0) is 14.1. The number of hydrogen-bond acceptors (Lipinski definition) is 3. The van der Waals surface area contributed by atoms with Crippen LogP contribution in [0.15, 0.2) is 47.8 Å². The first kappa shape index (κ1) is 12.8. The van der Waals surface area contributed by atoms with E-state index in [1.54, 1.807) is 6.07 Å². The molecule has 0 unspecified atom stereocenters. The van der Waals surface area contributed by atoms with Gasteiger partial charge in [0, 0.05) is 26.6 Å². The van der Waals surface area contributed by atoms with Gasteiger partial charge in [-0.05, 0) is 24.3 Å². The summed E-state index contributed by atoms with van der Waals surface area (Å²) in [5, 5.41) is 2.72. The molecule has 3 rings (SSSR count). The first-order valence-electron chi connectivity index (χ1n) is 6.05. The summed E-state index contributed by atoms with van der Waals surface area (Å²) in [4.78, 5) is 12.5. The molecular formula is C16H11FO2S. The van der Waals surface area contributed by atoms with Gasteiger partial charge in [-0.2, -0.15) is 0 Å². The number of ether oxygens (including phenoxy) is 1. The van der Waals surface area contributed by atoms with Crippen LogP contribution in [0.5, 0.6) is 5.75 Å². The molecule has 100 valence electrons. The number of fused-ring (bicyclic) bond motifs is 1. The van der Waals surface area contributed by atoms with Gasteiger partial charge >= 0.3 is 0 Å². The molecule has 0 fully saturated rings. The van der Waals surface area contributed by atoms with Crippen molar-refractivity contribution in [1.29, 1.82) is 0 Å². The molecule has 0 aliphatic rings. The third kappa shape index (κ3) is 2.08. The molecule has 0 atom stereocenters. The molecular weight excluding hydrogens is 275 g/mol. The van der Waals surface area contributed by atoms with Crippen molar-refractivity contribution in [3.05, 3.63) is 64.8 Å². The number of carbonyl (C=O) groups excluding carboxylic acids is 1. The van der Waals surface area contributed by atoms with Crippen LogP contribution < -0.4 is 4.74 Å². The summed E-state index contributed by atoms with van der Waals surface area (Å²) in [6.45, 7) is 0. The largest absolute Gasteiger partial charge is 0.494 e. The molecule has 0 saturated carbocycles. The van der Waals surface area contributed by atoms with E-state index in [1.165, 1.54) is 30.6 Å². The van der Waals surface area contributed by atoms with Gasteiger partial charge in [-0.3, -0.25) is 4.79 Å². The quantitative estimate of drug-likeness (QED) is 0.672. The van der Waals surface area contributed by atoms with Crippen molar-refractivity contribution in [2.75, 3.05) is 7.11 Å². The van der Waals surface area contributed by atoms with Crippen LogP contribution in [0, 0.1) is 5.82 Å². The van der Waals surface area contributed by atoms with E-state index < -0.39 is 5.82 Å². The Labute approximate surface area is 119 Å². The highest BCUT2D eigenvalue weighted by atomic mass is 32.1. The first-order chi connectivity index (χ1) is 9.70. The van der Waals surface area contributed by atoms with E-state index in [9.17, 15) is 9.18 Å². The molecule has 1 aromatic heterocycles. The highest BCUT2D eigenvalue weighted by Gasteiger charge is 2.15. The summed E-state index contributed by atoms with van der Waals surface area (Å²) in [7, 11) is 1.40. The molecule has 0 radical (unpaired) electrons. The van der Waals surface area contributed by atoms with Gasteiger partial charge in [-0.15, -0.1) is 11.3 Å². The highest BCUT2D eigenvalue weighted by molar-refractivity contribution is 7.17. The molecule has 0 spiro atoms. The number of rotatable bonds is 3. The smallest absolute Gasteiger partial charge is 0.194 e. The SMILES string of the molecule is COc1ccc(C(=O)c2csc3ccccc23)cc1F. The number of ketones is 1. The summed E-state index contributed by atoms with van der Waals surface area (Å²) in [6, 6.07) is 12.0. The maximum Gasteiger partial charge on any atom is 0.194 e. The summed E-state index contributed by atoms with van der Waals surface area (Å²) >= 11 is 1.51. The minimum atomic E-state index is -0.530. The standard InChI is InChI=1S/C16H11FO2S/c1-19-14-7-6-10(8-13(14)17)16(18)12-9-20-15-5-3-2-4-11(12)15/h2-9H,1H3. The number of hydrogen-bond donors (Lipinski definition) is 0. The van der Waals surface area contributed by atoms with Crippen LogP contribution in [0.3, 0.4) is 0 Å². The minimum Gasteiger partial charge on any atom is -0.494 e. The average Bonchev–Trinajstić information content (AvgIpc) is 2.90. The molecule has 0 aliphatic heterocycles. The Morgan fingerprint density at radius 1 is 1.20 bits per heavy atom. The fourth-order valence-corrected chi connectivity index (χ4v) is 3.06. The monoisotopic (exact) mass is 286 g/mol. The molecule has 0 N–H and O–H groups in total. The fourth-order valence-electron chi connectivity index (χ4n) is 2.12. The van der Waals surface area contributed by atoms with Gasteiger partial charge in [-0.25, -0.2) is 4.39 Å². The fraction of sp³-hybridized carbons (Fsp3) is 0.0625. The Balaban J connectivity index is 2.06. The molecule has 2 aromatic carbocycles. The van der Waals surface area contributed by atoms with Crippen molar-refractivity contribution >= 4 is 27.2 Å². The van der Waals surface area contributed by atoms with Crippen molar-refractivity contribution in [3.8, 4) is 5.75 Å². The normalized spacial score (nSPS) is 10.7. The highest BCUT2D eigenvalue weighted by Crippen LogP contribution is 2.28. The van der Waals surface area contributed by atoms with E-state index in [0.717, 1.165) is 10.1 Å². The molecule has 4 heteroatoms. The lowest BCUT2D eigenvalue weighted by Gasteiger charge is -2.04. The number of methoxy groups -OCH3 is 1. The zero-order valence-electron chi connectivity index (χ0n) is 10.7. The van der Waals surface area contributed by atoms with Crippen LogP contribution in [0.1, 0.15) is 15.9 Å². The second kappa shape index (κ2) is 5.06. The Morgan fingerprint density at radius 2 is 2.00 bits per heavy atom. The molecule has 20 heavy (non-hydrogen) atoms. The van der Waals surface area contributed by atoms with Crippen LogP contribution in [0.4, 0.5) is 4.39 Å². The van der Waals surface area contributed by atoms with E-state index in [0.29, 0.717) is 11.1 Å². The van der Waals surface area contributed by atoms with Crippen LogP contribution >= 0.6 is 11.3 Å². The third-order valence-corrected chi connectivity index (χ3v) is 4.10. The minimum absolute atomic E-state index is 0.136. The Morgan fingerprint density at radius 3 is 2.75 bits per heavy atom. The number of thiophene rings is 1. The van der Waals surface area contributed by atoms with Gasteiger partial charge in [-0.1, -0.05) is 18.2 Å². The molecule has 0 bridgehead atoms. The lowest BCUT2D eigenvalue weighted by atomic mass is 10.0. The van der Waals surface area contributed by atoms with Crippen LogP contribution in [-0.2, 0) is 0 Å². The van der Waals surface area contributed by atoms with Crippen LogP contribution in [-0.4, -0.2) is 12.9 Å². The third-order valence-electron chi connectivity index (χ3n) is 3.14. The first-order valence-corrected chi connectivity index (χ1v) is 6.93. The van der Waals surface area contributed by atoms with E-state index in [4.69, 9.17) is 4.74 Å². The summed E-state index contributed by atoms with van der Waals surface area (Å²) in [5.41, 5.74) is 0.932. The van der Waals surface area contributed by atoms with E-state index >= 15 is 0 Å². The van der Waals surface area contributed by atoms with Gasteiger partial charge in [0.2, 0.25) is 0 Å². The Bertz CT molecular complexity index is 792. The van der Waals surface area contributed by atoms with E-state index in [1.807, 2.05) is 29.6 Å². The van der Waals surface area contributed by atoms with Crippen molar-refractivity contribution in [2.45, 2.75) is 0 Å². The lowest BCUT2D eigenvalue weighted by Crippen LogP contribution is -2.01. The van der Waals surface area contributed by atoms with Gasteiger partial charge < -0.3 is 4.74 Å². The van der Waals surface area contributed by atoms with Crippen molar-refractivity contribution < 1.29 is 13.9 Å². The number of benzene rings is 2. The molecule has 0 amide bonds. The Kier molecular flexibility index (Phi) is 3.24. The molecule has 0 saturated heterocycles. The summed E-state index contributed by atoms with van der Waals surface area (Å²) in [5.74, 6) is -0.571. The lowest BCUT2D eigenvalue weighted by molar-refractivity contribution is 0.104. The van der Waals surface area contributed by atoms with Crippen molar-refractivity contribution in [2.24, 2.45) is 0 Å². The summed E-state index contributed by atoms with van der Waals surface area (Å²) in [6.07, 6.45) is 0. The second-order valence-electron chi connectivity index (χ2n) is 4.32. The van der Waals surface area contributed by atoms with E-state index in [-0.39, 0.29) is 11.5 Å². The molecule has 1 heterocycles. The Hall–Kier alpha value is -2.20.